The second-order valence-corrected chi connectivity index (χ2v) is 8.54. The fraction of sp³-hybridized carbons (Fsp3) is 0.500. The Morgan fingerprint density at radius 2 is 2.19 bits per heavy atom. The molecule has 0 aliphatic carbocycles. The van der Waals surface area contributed by atoms with Crippen molar-refractivity contribution in [3.8, 4) is 0 Å². The summed E-state index contributed by atoms with van der Waals surface area (Å²) < 4.78 is 57.4. The molecule has 1 spiro atoms. The molecule has 2 N–H and O–H groups in total. The average molecular weight is 403 g/mol. The number of ether oxygens (including phenoxy) is 1. The molecule has 1 aromatic rings. The van der Waals surface area contributed by atoms with Gasteiger partial charge in [0, 0.05) is 25.2 Å². The van der Waals surface area contributed by atoms with Gasteiger partial charge in [-0.05, 0) is 18.2 Å². The molecular weight excluding hydrogens is 384 g/mol. The summed E-state index contributed by atoms with van der Waals surface area (Å²) in [5.41, 5.74) is -1.71. The Hall–Kier alpha value is -2.11. The Morgan fingerprint density at radius 1 is 1.44 bits per heavy atom. The molecule has 11 heteroatoms. The number of halogens is 2. The molecule has 0 bridgehead atoms. The molecule has 2 aliphatic heterocycles. The van der Waals surface area contributed by atoms with Gasteiger partial charge in [-0.1, -0.05) is 0 Å². The van der Waals surface area contributed by atoms with E-state index in [2.05, 4.69) is 10.6 Å². The van der Waals surface area contributed by atoms with Crippen molar-refractivity contribution in [1.29, 1.82) is 0 Å². The molecule has 2 saturated heterocycles. The van der Waals surface area contributed by atoms with E-state index in [0.717, 1.165) is 28.8 Å². The monoisotopic (exact) mass is 403 g/mol. The number of nitrogens with zero attached hydrogens (tertiary/aromatic N) is 1. The number of rotatable bonds is 4. The summed E-state index contributed by atoms with van der Waals surface area (Å²) in [5.74, 6) is -3.72. The second-order valence-electron chi connectivity index (χ2n) is 6.56. The van der Waals surface area contributed by atoms with Crippen molar-refractivity contribution < 1.29 is 31.5 Å². The summed E-state index contributed by atoms with van der Waals surface area (Å²) in [4.78, 5) is 25.1. The van der Waals surface area contributed by atoms with Crippen LogP contribution in [-0.4, -0.2) is 62.6 Å². The lowest BCUT2D eigenvalue weighted by atomic mass is 9.87. The first-order chi connectivity index (χ1) is 12.6. The molecule has 0 saturated carbocycles. The van der Waals surface area contributed by atoms with E-state index >= 15 is 0 Å². The molecule has 0 radical (unpaired) electrons. The van der Waals surface area contributed by atoms with Crippen molar-refractivity contribution in [2.75, 3.05) is 32.5 Å². The van der Waals surface area contributed by atoms with Gasteiger partial charge in [0.15, 0.2) is 5.60 Å². The van der Waals surface area contributed by atoms with Crippen molar-refractivity contribution in [3.05, 3.63) is 35.4 Å². The molecule has 3 rings (SSSR count). The highest BCUT2D eigenvalue weighted by molar-refractivity contribution is 7.88. The van der Waals surface area contributed by atoms with Gasteiger partial charge in [-0.2, -0.15) is 4.31 Å². The van der Waals surface area contributed by atoms with Crippen LogP contribution in [0.15, 0.2) is 18.2 Å². The smallest absolute Gasteiger partial charge is 0.254 e. The lowest BCUT2D eigenvalue weighted by Gasteiger charge is -2.36. The van der Waals surface area contributed by atoms with E-state index in [1.807, 2.05) is 0 Å². The molecule has 2 fully saturated rings. The van der Waals surface area contributed by atoms with E-state index in [-0.39, 0.29) is 38.3 Å². The first kappa shape index (κ1) is 19.6. The van der Waals surface area contributed by atoms with Gasteiger partial charge in [0.25, 0.3) is 5.91 Å². The summed E-state index contributed by atoms with van der Waals surface area (Å²) in [7, 11) is -3.66. The second kappa shape index (κ2) is 7.13. The predicted molar refractivity (Wildman–Crippen MR) is 89.8 cm³/mol. The van der Waals surface area contributed by atoms with Gasteiger partial charge in [-0.3, -0.25) is 9.59 Å². The van der Waals surface area contributed by atoms with Crippen LogP contribution in [0.5, 0.6) is 0 Å². The molecule has 148 valence electrons. The van der Waals surface area contributed by atoms with Crippen LogP contribution in [0, 0.1) is 17.6 Å². The highest BCUT2D eigenvalue weighted by Crippen LogP contribution is 2.34. The average Bonchev–Trinajstić information content (AvgIpc) is 2.99. The van der Waals surface area contributed by atoms with Crippen LogP contribution < -0.4 is 10.6 Å². The van der Waals surface area contributed by atoms with Crippen molar-refractivity contribution in [2.24, 2.45) is 5.92 Å². The van der Waals surface area contributed by atoms with Crippen LogP contribution in [-0.2, 0) is 30.9 Å². The number of hydrogen-bond donors (Lipinski definition) is 2. The maximum Gasteiger partial charge on any atom is 0.254 e. The van der Waals surface area contributed by atoms with E-state index in [9.17, 15) is 26.8 Å². The Balaban J connectivity index is 1.82. The van der Waals surface area contributed by atoms with Crippen LogP contribution in [0.25, 0.3) is 0 Å². The van der Waals surface area contributed by atoms with Crippen molar-refractivity contribution in [2.45, 2.75) is 12.1 Å². The fourth-order valence-corrected chi connectivity index (χ4v) is 4.15. The Kier molecular flexibility index (Phi) is 5.19. The van der Waals surface area contributed by atoms with Crippen LogP contribution in [0.3, 0.4) is 0 Å². The molecule has 8 nitrogen and oxygen atoms in total. The number of sulfonamides is 1. The number of benzene rings is 1. The van der Waals surface area contributed by atoms with Crippen molar-refractivity contribution in [3.63, 3.8) is 0 Å². The van der Waals surface area contributed by atoms with E-state index in [4.69, 9.17) is 4.74 Å². The molecule has 2 heterocycles. The molecule has 0 unspecified atom stereocenters. The molecule has 2 amide bonds. The van der Waals surface area contributed by atoms with Crippen LogP contribution in [0.1, 0.15) is 5.56 Å². The summed E-state index contributed by atoms with van der Waals surface area (Å²) in [5, 5.41) is 5.03. The van der Waals surface area contributed by atoms with Gasteiger partial charge in [0.05, 0.1) is 25.3 Å². The van der Waals surface area contributed by atoms with Crippen molar-refractivity contribution in [1.82, 2.24) is 14.9 Å². The lowest BCUT2D eigenvalue weighted by molar-refractivity contribution is -0.163. The first-order valence-electron chi connectivity index (χ1n) is 8.22. The standard InChI is InChI=1S/C16H19F2N3O5S/c1-27(24,25)21-8-12(16(9-21)15(23)19-4-5-26-16)14(22)20-7-10-6-11(17)2-3-13(10)18/h2-3,6,12H,4-5,7-9H2,1H3,(H,19,23)(H,20,22)/t12-,16-/m1/s1. The normalized spacial score (nSPS) is 26.2. The Labute approximate surface area is 154 Å². The Bertz CT molecular complexity index is 879. The van der Waals surface area contributed by atoms with E-state index in [1.54, 1.807) is 0 Å². The van der Waals surface area contributed by atoms with Gasteiger partial charge in [0.2, 0.25) is 15.9 Å². The van der Waals surface area contributed by atoms with Crippen LogP contribution >= 0.6 is 0 Å². The zero-order chi connectivity index (χ0) is 19.8. The maximum absolute atomic E-state index is 13.7. The van der Waals surface area contributed by atoms with Crippen LogP contribution in [0.4, 0.5) is 8.78 Å². The SMILES string of the molecule is CS(=O)(=O)N1C[C@H](C(=O)NCc2cc(F)ccc2F)[C@@]2(C1)OCCNC2=O. The van der Waals surface area contributed by atoms with E-state index in [0.29, 0.717) is 0 Å². The fourth-order valence-electron chi connectivity index (χ4n) is 3.31. The summed E-state index contributed by atoms with van der Waals surface area (Å²) >= 11 is 0. The molecule has 2 atom stereocenters. The molecule has 1 aromatic carbocycles. The quantitative estimate of drug-likeness (QED) is 0.696. The number of hydrogen-bond acceptors (Lipinski definition) is 5. The van der Waals surface area contributed by atoms with Gasteiger partial charge >= 0.3 is 0 Å². The first-order valence-corrected chi connectivity index (χ1v) is 10.1. The molecule has 2 aliphatic rings. The minimum atomic E-state index is -3.66. The van der Waals surface area contributed by atoms with Gasteiger partial charge in [0.1, 0.15) is 11.6 Å². The van der Waals surface area contributed by atoms with E-state index < -0.39 is 45.0 Å². The summed E-state index contributed by atoms with van der Waals surface area (Å²) in [6, 6.07) is 2.85. The number of carbonyl (C=O) groups excluding carboxylic acids is 2. The minimum absolute atomic E-state index is 0.0654. The Morgan fingerprint density at radius 3 is 2.85 bits per heavy atom. The number of carbonyl (C=O) groups is 2. The maximum atomic E-state index is 13.7. The topological polar surface area (TPSA) is 105 Å². The molecule has 0 aromatic heterocycles. The number of nitrogens with one attached hydrogen (secondary N) is 2. The third-order valence-electron chi connectivity index (χ3n) is 4.74. The van der Waals surface area contributed by atoms with Crippen molar-refractivity contribution >= 4 is 21.8 Å². The predicted octanol–water partition coefficient (Wildman–Crippen LogP) is -0.642. The highest BCUT2D eigenvalue weighted by Gasteiger charge is 2.59. The highest BCUT2D eigenvalue weighted by atomic mass is 32.2. The third kappa shape index (κ3) is 3.80. The molecular formula is C16H19F2N3O5S. The van der Waals surface area contributed by atoms with E-state index in [1.165, 1.54) is 0 Å². The summed E-state index contributed by atoms with van der Waals surface area (Å²) in [6.45, 7) is -0.461. The number of morpholine rings is 1. The van der Waals surface area contributed by atoms with Gasteiger partial charge < -0.3 is 15.4 Å². The summed E-state index contributed by atoms with van der Waals surface area (Å²) in [6.07, 6.45) is 0.976. The van der Waals surface area contributed by atoms with Gasteiger partial charge in [-0.15, -0.1) is 0 Å². The number of amides is 2. The zero-order valence-corrected chi connectivity index (χ0v) is 15.3. The minimum Gasteiger partial charge on any atom is -0.361 e. The largest absolute Gasteiger partial charge is 0.361 e. The lowest BCUT2D eigenvalue weighted by Crippen LogP contribution is -2.62. The van der Waals surface area contributed by atoms with Crippen LogP contribution in [0.2, 0.25) is 0 Å². The van der Waals surface area contributed by atoms with Gasteiger partial charge in [-0.25, -0.2) is 17.2 Å². The third-order valence-corrected chi connectivity index (χ3v) is 5.95. The molecule has 27 heavy (non-hydrogen) atoms. The zero-order valence-electron chi connectivity index (χ0n) is 14.5.